The van der Waals surface area contributed by atoms with Crippen LogP contribution in [0.2, 0.25) is 0 Å². The molecule has 1 aromatic rings. The third kappa shape index (κ3) is 2.13. The maximum Gasteiger partial charge on any atom is 0.264 e. The number of methoxy groups -OCH3 is 1. The third-order valence-electron chi connectivity index (χ3n) is 2.53. The standard InChI is InChI=1S/C10H14N2O2S/c1-14-8-4-9(15-6-8)10(13)12-3-2-7(11)5-12/h4,6-7H,2-3,5,11H2,1H3/t7-/m1/s1. The number of hydrogen-bond acceptors (Lipinski definition) is 4. The van der Waals surface area contributed by atoms with E-state index in [2.05, 4.69) is 0 Å². The molecule has 2 heterocycles. The zero-order valence-electron chi connectivity index (χ0n) is 8.60. The number of hydrogen-bond donors (Lipinski definition) is 1. The molecule has 0 aromatic carbocycles. The number of carbonyl (C=O) groups is 1. The predicted octanol–water partition coefficient (Wildman–Crippen LogP) is 0.930. The smallest absolute Gasteiger partial charge is 0.264 e. The molecule has 1 atom stereocenters. The molecule has 0 spiro atoms. The first kappa shape index (κ1) is 10.4. The largest absolute Gasteiger partial charge is 0.496 e. The number of nitrogens with two attached hydrogens (primary N) is 1. The van der Waals surface area contributed by atoms with Gasteiger partial charge in [-0.3, -0.25) is 4.79 Å². The monoisotopic (exact) mass is 226 g/mol. The minimum atomic E-state index is 0.0660. The topological polar surface area (TPSA) is 55.6 Å². The van der Waals surface area contributed by atoms with Crippen LogP contribution < -0.4 is 10.5 Å². The first-order valence-electron chi connectivity index (χ1n) is 4.88. The highest BCUT2D eigenvalue weighted by Gasteiger charge is 2.25. The number of likely N-dealkylation sites (tertiary alicyclic amines) is 1. The molecule has 82 valence electrons. The molecule has 0 radical (unpaired) electrons. The summed E-state index contributed by atoms with van der Waals surface area (Å²) in [6, 6.07) is 1.91. The maximum absolute atomic E-state index is 11.9. The van der Waals surface area contributed by atoms with E-state index in [1.54, 1.807) is 18.1 Å². The molecule has 0 unspecified atom stereocenters. The molecule has 2 N–H and O–H groups in total. The molecule has 1 aliphatic rings. The van der Waals surface area contributed by atoms with Crippen molar-refractivity contribution in [2.75, 3.05) is 20.2 Å². The molecule has 0 bridgehead atoms. The van der Waals surface area contributed by atoms with E-state index in [4.69, 9.17) is 10.5 Å². The van der Waals surface area contributed by atoms with E-state index in [0.717, 1.165) is 23.6 Å². The van der Waals surface area contributed by atoms with E-state index in [1.165, 1.54) is 11.3 Å². The highest BCUT2D eigenvalue weighted by Crippen LogP contribution is 2.23. The van der Waals surface area contributed by atoms with Crippen molar-refractivity contribution in [3.8, 4) is 5.75 Å². The lowest BCUT2D eigenvalue weighted by molar-refractivity contribution is 0.0795. The van der Waals surface area contributed by atoms with Gasteiger partial charge in [0, 0.05) is 30.6 Å². The van der Waals surface area contributed by atoms with Crippen LogP contribution in [0.5, 0.6) is 5.75 Å². The number of ether oxygens (including phenoxy) is 1. The number of nitrogens with zero attached hydrogens (tertiary/aromatic N) is 1. The zero-order chi connectivity index (χ0) is 10.8. The highest BCUT2D eigenvalue weighted by molar-refractivity contribution is 7.12. The van der Waals surface area contributed by atoms with Gasteiger partial charge in [0.25, 0.3) is 5.91 Å². The lowest BCUT2D eigenvalue weighted by atomic mass is 10.3. The van der Waals surface area contributed by atoms with Gasteiger partial charge in [0.15, 0.2) is 0 Å². The minimum Gasteiger partial charge on any atom is -0.496 e. The van der Waals surface area contributed by atoms with Crippen LogP contribution in [0.25, 0.3) is 0 Å². The van der Waals surface area contributed by atoms with Crippen LogP contribution in [0.1, 0.15) is 16.1 Å². The molecular formula is C10H14N2O2S. The average Bonchev–Trinajstić information content (AvgIpc) is 2.84. The van der Waals surface area contributed by atoms with Gasteiger partial charge in [0.05, 0.1) is 12.0 Å². The molecule has 0 aliphatic carbocycles. The Balaban J connectivity index is 2.07. The Morgan fingerprint density at radius 2 is 2.53 bits per heavy atom. The summed E-state index contributed by atoms with van der Waals surface area (Å²) in [5, 5.41) is 1.84. The second-order valence-corrected chi connectivity index (χ2v) is 4.56. The van der Waals surface area contributed by atoms with E-state index < -0.39 is 0 Å². The summed E-state index contributed by atoms with van der Waals surface area (Å²) in [4.78, 5) is 14.5. The van der Waals surface area contributed by atoms with Gasteiger partial charge in [-0.05, 0) is 6.42 Å². The normalized spacial score (nSPS) is 20.7. The Kier molecular flexibility index (Phi) is 2.93. The molecule has 5 heteroatoms. The maximum atomic E-state index is 11.9. The first-order chi connectivity index (χ1) is 7.20. The van der Waals surface area contributed by atoms with Gasteiger partial charge in [0.2, 0.25) is 0 Å². The minimum absolute atomic E-state index is 0.0660. The van der Waals surface area contributed by atoms with Crippen molar-refractivity contribution in [1.29, 1.82) is 0 Å². The number of carbonyl (C=O) groups excluding carboxylic acids is 1. The summed E-state index contributed by atoms with van der Waals surface area (Å²) in [6.07, 6.45) is 0.897. The third-order valence-corrected chi connectivity index (χ3v) is 3.43. The molecule has 1 amide bonds. The molecule has 1 aromatic heterocycles. The number of rotatable bonds is 2. The van der Waals surface area contributed by atoms with Crippen molar-refractivity contribution >= 4 is 17.2 Å². The van der Waals surface area contributed by atoms with Gasteiger partial charge in [-0.15, -0.1) is 11.3 Å². The SMILES string of the molecule is COc1csc(C(=O)N2CC[C@@H](N)C2)c1. The lowest BCUT2D eigenvalue weighted by Gasteiger charge is -2.13. The van der Waals surface area contributed by atoms with Crippen molar-refractivity contribution in [2.45, 2.75) is 12.5 Å². The quantitative estimate of drug-likeness (QED) is 0.816. The Morgan fingerprint density at radius 1 is 1.73 bits per heavy atom. The van der Waals surface area contributed by atoms with Crippen LogP contribution in [-0.4, -0.2) is 37.0 Å². The van der Waals surface area contributed by atoms with Crippen LogP contribution in [0.3, 0.4) is 0 Å². The van der Waals surface area contributed by atoms with Gasteiger partial charge in [-0.2, -0.15) is 0 Å². The van der Waals surface area contributed by atoms with Crippen LogP contribution in [-0.2, 0) is 0 Å². The Hall–Kier alpha value is -1.07. The Bertz CT molecular complexity index is 364. The van der Waals surface area contributed by atoms with Crippen molar-refractivity contribution in [3.05, 3.63) is 16.3 Å². The van der Waals surface area contributed by atoms with Gasteiger partial charge in [-0.25, -0.2) is 0 Å². The summed E-state index contributed by atoms with van der Waals surface area (Å²) >= 11 is 1.41. The van der Waals surface area contributed by atoms with Crippen molar-refractivity contribution in [1.82, 2.24) is 4.90 Å². The molecule has 15 heavy (non-hydrogen) atoms. The summed E-state index contributed by atoms with van der Waals surface area (Å²) in [7, 11) is 1.60. The molecule has 0 saturated carbocycles. The fourth-order valence-corrected chi connectivity index (χ4v) is 2.49. The molecule has 1 saturated heterocycles. The van der Waals surface area contributed by atoms with E-state index in [9.17, 15) is 4.79 Å². The van der Waals surface area contributed by atoms with E-state index in [1.807, 2.05) is 5.38 Å². The van der Waals surface area contributed by atoms with Crippen molar-refractivity contribution in [3.63, 3.8) is 0 Å². The fourth-order valence-electron chi connectivity index (χ4n) is 1.67. The highest BCUT2D eigenvalue weighted by atomic mass is 32.1. The van der Waals surface area contributed by atoms with Crippen LogP contribution in [0, 0.1) is 0 Å². The molecular weight excluding hydrogens is 212 g/mol. The van der Waals surface area contributed by atoms with Crippen molar-refractivity contribution in [2.24, 2.45) is 5.73 Å². The lowest BCUT2D eigenvalue weighted by Crippen LogP contribution is -2.31. The number of thiophene rings is 1. The average molecular weight is 226 g/mol. The second-order valence-electron chi connectivity index (χ2n) is 3.65. The fraction of sp³-hybridized carbons (Fsp3) is 0.500. The van der Waals surface area contributed by atoms with E-state index in [0.29, 0.717) is 6.54 Å². The Labute approximate surface area is 92.6 Å². The van der Waals surface area contributed by atoms with Gasteiger partial charge < -0.3 is 15.4 Å². The van der Waals surface area contributed by atoms with Crippen LogP contribution in [0.4, 0.5) is 0 Å². The van der Waals surface area contributed by atoms with E-state index in [-0.39, 0.29) is 11.9 Å². The van der Waals surface area contributed by atoms with Gasteiger partial charge in [-0.1, -0.05) is 0 Å². The van der Waals surface area contributed by atoms with Gasteiger partial charge >= 0.3 is 0 Å². The van der Waals surface area contributed by atoms with Gasteiger partial charge in [0.1, 0.15) is 5.75 Å². The summed E-state index contributed by atoms with van der Waals surface area (Å²) in [6.45, 7) is 1.43. The zero-order valence-corrected chi connectivity index (χ0v) is 9.42. The molecule has 4 nitrogen and oxygen atoms in total. The van der Waals surface area contributed by atoms with E-state index >= 15 is 0 Å². The van der Waals surface area contributed by atoms with Crippen molar-refractivity contribution < 1.29 is 9.53 Å². The van der Waals surface area contributed by atoms with Crippen LogP contribution >= 0.6 is 11.3 Å². The second kappa shape index (κ2) is 4.20. The summed E-state index contributed by atoms with van der Waals surface area (Å²) in [5.74, 6) is 0.808. The van der Waals surface area contributed by atoms with Crippen LogP contribution in [0.15, 0.2) is 11.4 Å². The first-order valence-corrected chi connectivity index (χ1v) is 5.76. The summed E-state index contributed by atoms with van der Waals surface area (Å²) < 4.78 is 5.04. The molecule has 2 rings (SSSR count). The predicted molar refractivity (Wildman–Crippen MR) is 59.4 cm³/mol. The molecule has 1 fully saturated rings. The summed E-state index contributed by atoms with van der Waals surface area (Å²) in [5.41, 5.74) is 5.76. The number of amides is 1. The Morgan fingerprint density at radius 3 is 3.07 bits per heavy atom. The molecule has 1 aliphatic heterocycles.